The highest BCUT2D eigenvalue weighted by Crippen LogP contribution is 2.43. The molecule has 0 aliphatic rings. The normalized spacial score (nSPS) is 13.8. The van der Waals surface area contributed by atoms with Gasteiger partial charge in [-0.05, 0) is 41.8 Å². The van der Waals surface area contributed by atoms with E-state index in [1.807, 2.05) is 48.5 Å². The van der Waals surface area contributed by atoms with Gasteiger partial charge in [-0.1, -0.05) is 48.0 Å². The van der Waals surface area contributed by atoms with Crippen LogP contribution in [-0.4, -0.2) is 6.66 Å². The molecular weight excluding hydrogens is 349 g/mol. The Balaban J connectivity index is 2.08. The van der Waals surface area contributed by atoms with Gasteiger partial charge in [0, 0.05) is 16.8 Å². The molecule has 1 N–H and O–H groups in total. The highest BCUT2D eigenvalue weighted by atomic mass is 79.9. The Bertz CT molecular complexity index is 656. The highest BCUT2D eigenvalue weighted by molar-refractivity contribution is 9.10. The van der Waals surface area contributed by atoms with Crippen LogP contribution in [0.25, 0.3) is 0 Å². The second kappa shape index (κ2) is 6.67. The van der Waals surface area contributed by atoms with Crippen LogP contribution in [-0.2, 0) is 4.57 Å². The van der Waals surface area contributed by atoms with Gasteiger partial charge in [0.15, 0.2) is 0 Å². The van der Waals surface area contributed by atoms with Crippen LogP contribution in [0, 0.1) is 0 Å². The molecule has 2 aromatic rings. The summed E-state index contributed by atoms with van der Waals surface area (Å²) in [5, 5.41) is 2.95. The molecule has 0 aliphatic carbocycles. The lowest BCUT2D eigenvalue weighted by molar-refractivity contribution is 0.493. The summed E-state index contributed by atoms with van der Waals surface area (Å²) < 4.78 is 19.1. The van der Waals surface area contributed by atoms with Gasteiger partial charge in [0.25, 0.3) is 0 Å². The van der Waals surface area contributed by atoms with Crippen molar-refractivity contribution < 1.29 is 9.09 Å². The fourth-order valence-corrected chi connectivity index (χ4v) is 3.51. The molecule has 2 rings (SSSR count). The average molecular weight is 368 g/mol. The topological polar surface area (TPSA) is 38.3 Å². The lowest BCUT2D eigenvalue weighted by Gasteiger charge is -2.18. The van der Waals surface area contributed by atoms with Gasteiger partial charge in [-0.25, -0.2) is 0 Å². The minimum atomic E-state index is -2.97. The number of rotatable bonds is 5. The van der Waals surface area contributed by atoms with Gasteiger partial charge in [-0.3, -0.25) is 4.57 Å². The Kier molecular flexibility index (Phi) is 5.13. The lowest BCUT2D eigenvalue weighted by Crippen LogP contribution is -2.02. The van der Waals surface area contributed by atoms with E-state index in [9.17, 15) is 4.57 Å². The SMILES string of the molecule is CC(C)c1ccc(O[P@@](C)(=O)Nc2cccc(Br)c2)cc1. The Morgan fingerprint density at radius 2 is 1.81 bits per heavy atom. The first-order valence-corrected chi connectivity index (χ1v) is 9.63. The molecule has 21 heavy (non-hydrogen) atoms. The maximum absolute atomic E-state index is 12.5. The van der Waals surface area contributed by atoms with Gasteiger partial charge in [0.2, 0.25) is 0 Å². The first-order valence-electron chi connectivity index (χ1n) is 6.77. The highest BCUT2D eigenvalue weighted by Gasteiger charge is 2.17. The van der Waals surface area contributed by atoms with E-state index in [0.717, 1.165) is 10.2 Å². The number of halogens is 1. The van der Waals surface area contributed by atoms with E-state index in [0.29, 0.717) is 11.7 Å². The number of hydrogen-bond donors (Lipinski definition) is 1. The lowest BCUT2D eigenvalue weighted by atomic mass is 10.0. The molecule has 3 nitrogen and oxygen atoms in total. The number of benzene rings is 2. The third-order valence-corrected chi connectivity index (χ3v) is 4.70. The fraction of sp³-hybridized carbons (Fsp3) is 0.250. The smallest absolute Gasteiger partial charge is 0.338 e. The minimum Gasteiger partial charge on any atom is -0.429 e. The van der Waals surface area contributed by atoms with E-state index < -0.39 is 7.52 Å². The summed E-state index contributed by atoms with van der Waals surface area (Å²) >= 11 is 3.39. The molecule has 0 fully saturated rings. The van der Waals surface area contributed by atoms with Crippen molar-refractivity contribution in [1.82, 2.24) is 0 Å². The molecule has 0 radical (unpaired) electrons. The second-order valence-corrected chi connectivity index (χ2v) is 8.30. The van der Waals surface area contributed by atoms with Crippen molar-refractivity contribution in [2.45, 2.75) is 19.8 Å². The maximum Gasteiger partial charge on any atom is 0.338 e. The third kappa shape index (κ3) is 4.90. The molecule has 0 bridgehead atoms. The van der Waals surface area contributed by atoms with E-state index in [1.165, 1.54) is 5.56 Å². The zero-order valence-electron chi connectivity index (χ0n) is 12.3. The van der Waals surface area contributed by atoms with Crippen LogP contribution in [0.5, 0.6) is 5.75 Å². The van der Waals surface area contributed by atoms with Crippen LogP contribution in [0.1, 0.15) is 25.3 Å². The molecule has 2 aromatic carbocycles. The Labute approximate surface area is 134 Å². The molecule has 0 heterocycles. The van der Waals surface area contributed by atoms with Crippen molar-refractivity contribution in [3.8, 4) is 5.75 Å². The van der Waals surface area contributed by atoms with Crippen molar-refractivity contribution >= 4 is 29.1 Å². The van der Waals surface area contributed by atoms with Gasteiger partial charge >= 0.3 is 7.52 Å². The van der Waals surface area contributed by atoms with Crippen LogP contribution in [0.2, 0.25) is 0 Å². The standard InChI is InChI=1S/C16H19BrNO2P/c1-12(2)13-7-9-16(10-8-13)20-21(3,19)18-15-6-4-5-14(17)11-15/h4-12H,1-3H3,(H,18,19)/t21-/m1/s1. The van der Waals surface area contributed by atoms with Crippen molar-refractivity contribution in [2.24, 2.45) is 0 Å². The van der Waals surface area contributed by atoms with Gasteiger partial charge in [-0.15, -0.1) is 0 Å². The summed E-state index contributed by atoms with van der Waals surface area (Å²) in [5.74, 6) is 1.07. The van der Waals surface area contributed by atoms with Crippen molar-refractivity contribution in [2.75, 3.05) is 11.8 Å². The first kappa shape index (κ1) is 16.1. The summed E-state index contributed by atoms with van der Waals surface area (Å²) in [6.45, 7) is 5.84. The molecule has 1 atom stereocenters. The predicted molar refractivity (Wildman–Crippen MR) is 92.5 cm³/mol. The van der Waals surface area contributed by atoms with Crippen LogP contribution in [0.3, 0.4) is 0 Å². The molecule has 0 saturated heterocycles. The summed E-state index contributed by atoms with van der Waals surface area (Å²) in [6.07, 6.45) is 0. The molecular formula is C16H19BrNO2P. The van der Waals surface area contributed by atoms with E-state index in [-0.39, 0.29) is 0 Å². The largest absolute Gasteiger partial charge is 0.429 e. The number of hydrogen-bond acceptors (Lipinski definition) is 2. The van der Waals surface area contributed by atoms with Crippen LogP contribution >= 0.6 is 23.4 Å². The van der Waals surface area contributed by atoms with Crippen molar-refractivity contribution in [1.29, 1.82) is 0 Å². The molecule has 0 aromatic heterocycles. The predicted octanol–water partition coefficient (Wildman–Crippen LogP) is 5.89. The van der Waals surface area contributed by atoms with Gasteiger partial charge in [0.05, 0.1) is 0 Å². The van der Waals surface area contributed by atoms with Crippen LogP contribution < -0.4 is 9.61 Å². The van der Waals surface area contributed by atoms with E-state index >= 15 is 0 Å². The Morgan fingerprint density at radius 3 is 2.38 bits per heavy atom. The zero-order valence-corrected chi connectivity index (χ0v) is 14.8. The van der Waals surface area contributed by atoms with Crippen LogP contribution in [0.15, 0.2) is 53.0 Å². The van der Waals surface area contributed by atoms with E-state index in [2.05, 4.69) is 34.9 Å². The third-order valence-electron chi connectivity index (χ3n) is 2.98. The summed E-state index contributed by atoms with van der Waals surface area (Å²) in [6, 6.07) is 15.2. The fourth-order valence-electron chi connectivity index (χ4n) is 1.93. The average Bonchev–Trinajstić information content (AvgIpc) is 2.38. The molecule has 5 heteroatoms. The molecule has 0 aliphatic heterocycles. The number of anilines is 1. The van der Waals surface area contributed by atoms with Crippen molar-refractivity contribution in [3.63, 3.8) is 0 Å². The Hall–Kier alpha value is -1.25. The zero-order chi connectivity index (χ0) is 15.5. The maximum atomic E-state index is 12.5. The molecule has 112 valence electrons. The van der Waals surface area contributed by atoms with Crippen LogP contribution in [0.4, 0.5) is 5.69 Å². The van der Waals surface area contributed by atoms with E-state index in [4.69, 9.17) is 4.52 Å². The van der Waals surface area contributed by atoms with Crippen molar-refractivity contribution in [3.05, 3.63) is 58.6 Å². The minimum absolute atomic E-state index is 0.465. The summed E-state index contributed by atoms with van der Waals surface area (Å²) in [7, 11) is -2.97. The second-order valence-electron chi connectivity index (χ2n) is 5.28. The molecule has 0 spiro atoms. The first-order chi connectivity index (χ1) is 9.85. The Morgan fingerprint density at radius 1 is 1.14 bits per heavy atom. The molecule has 0 amide bonds. The van der Waals surface area contributed by atoms with E-state index in [1.54, 1.807) is 6.66 Å². The van der Waals surface area contributed by atoms with Gasteiger partial charge < -0.3 is 9.61 Å². The van der Waals surface area contributed by atoms with Gasteiger partial charge in [-0.2, -0.15) is 0 Å². The monoisotopic (exact) mass is 367 g/mol. The molecule has 0 saturated carbocycles. The summed E-state index contributed by atoms with van der Waals surface area (Å²) in [4.78, 5) is 0. The summed E-state index contributed by atoms with van der Waals surface area (Å²) in [5.41, 5.74) is 1.99. The number of nitrogens with one attached hydrogen (secondary N) is 1. The quantitative estimate of drug-likeness (QED) is 0.669. The molecule has 0 unspecified atom stereocenters. The van der Waals surface area contributed by atoms with Gasteiger partial charge in [0.1, 0.15) is 5.75 Å².